The van der Waals surface area contributed by atoms with Gasteiger partial charge in [-0.25, -0.2) is 4.39 Å². The summed E-state index contributed by atoms with van der Waals surface area (Å²) in [4.78, 5) is 20.7. The number of carbonyl (C=O) groups is 1. The van der Waals surface area contributed by atoms with E-state index >= 15 is 0 Å². The first-order valence-corrected chi connectivity index (χ1v) is 10.6. The molecule has 2 aliphatic heterocycles. The zero-order valence-electron chi connectivity index (χ0n) is 17.0. The number of aliphatic hydroxyl groups is 1. The van der Waals surface area contributed by atoms with Crippen LogP contribution in [0.1, 0.15) is 35.3 Å². The Balaban J connectivity index is 1.53. The zero-order chi connectivity index (χ0) is 20.4. The van der Waals surface area contributed by atoms with Crippen LogP contribution < -0.4 is 0 Å². The first-order valence-electron chi connectivity index (χ1n) is 10.6. The number of aliphatic hydroxyl groups excluding tert-OH is 1. The highest BCUT2D eigenvalue weighted by Crippen LogP contribution is 2.30. The van der Waals surface area contributed by atoms with Crippen LogP contribution in [-0.2, 0) is 4.74 Å². The van der Waals surface area contributed by atoms with Gasteiger partial charge in [0.25, 0.3) is 5.91 Å². The number of H-pyrrole nitrogens is 1. The molecule has 2 aromatic rings. The van der Waals surface area contributed by atoms with Gasteiger partial charge in [-0.15, -0.1) is 0 Å². The number of aryl methyl sites for hydroxylation is 1. The van der Waals surface area contributed by atoms with E-state index in [0.29, 0.717) is 36.3 Å². The molecule has 1 aromatic heterocycles. The number of ether oxygens (including phenoxy) is 1. The molecule has 0 aliphatic carbocycles. The number of hydrogen-bond donors (Lipinski definition) is 2. The number of hydrogen-bond acceptors (Lipinski definition) is 4. The van der Waals surface area contributed by atoms with Crippen molar-refractivity contribution < 1.29 is 19.0 Å². The van der Waals surface area contributed by atoms with Crippen LogP contribution in [0.4, 0.5) is 4.39 Å². The summed E-state index contributed by atoms with van der Waals surface area (Å²) in [6.45, 7) is 6.75. The quantitative estimate of drug-likeness (QED) is 0.805. The highest BCUT2D eigenvalue weighted by molar-refractivity contribution is 6.01. The average molecular weight is 403 g/mol. The maximum atomic E-state index is 14.1. The first-order chi connectivity index (χ1) is 14.1. The van der Waals surface area contributed by atoms with Gasteiger partial charge < -0.3 is 19.7 Å². The van der Waals surface area contributed by atoms with Crippen molar-refractivity contribution in [3.05, 3.63) is 35.3 Å². The van der Waals surface area contributed by atoms with Crippen LogP contribution in [0.3, 0.4) is 0 Å². The van der Waals surface area contributed by atoms with Crippen molar-refractivity contribution in [1.82, 2.24) is 14.8 Å². The lowest BCUT2D eigenvalue weighted by Crippen LogP contribution is -2.55. The fourth-order valence-corrected chi connectivity index (χ4v) is 4.92. The van der Waals surface area contributed by atoms with E-state index in [2.05, 4.69) is 9.88 Å². The minimum Gasteiger partial charge on any atom is -0.396 e. The van der Waals surface area contributed by atoms with Gasteiger partial charge in [0.1, 0.15) is 11.5 Å². The molecule has 3 heterocycles. The van der Waals surface area contributed by atoms with Crippen LogP contribution in [0.5, 0.6) is 0 Å². The Kier molecular flexibility index (Phi) is 6.18. The third-order valence-electron chi connectivity index (χ3n) is 6.49. The molecule has 2 N–H and O–H groups in total. The number of halogens is 1. The van der Waals surface area contributed by atoms with Crippen LogP contribution in [0.2, 0.25) is 0 Å². The molecule has 2 atom stereocenters. The van der Waals surface area contributed by atoms with Crippen molar-refractivity contribution in [1.29, 1.82) is 0 Å². The van der Waals surface area contributed by atoms with Gasteiger partial charge in [-0.05, 0) is 43.7 Å². The fraction of sp³-hybridized carbons (Fsp3) is 0.591. The average Bonchev–Trinajstić information content (AvgIpc) is 3.10. The lowest BCUT2D eigenvalue weighted by Gasteiger charge is -2.45. The Labute approximate surface area is 170 Å². The number of amides is 1. The molecule has 0 radical (unpaired) electrons. The van der Waals surface area contributed by atoms with E-state index in [9.17, 15) is 14.3 Å². The summed E-state index contributed by atoms with van der Waals surface area (Å²) in [6, 6.07) is 5.34. The monoisotopic (exact) mass is 403 g/mol. The molecule has 0 saturated carbocycles. The highest BCUT2D eigenvalue weighted by atomic mass is 19.1. The Bertz CT molecular complexity index is 862. The summed E-state index contributed by atoms with van der Waals surface area (Å²) < 4.78 is 19.6. The lowest BCUT2D eigenvalue weighted by atomic mass is 9.86. The van der Waals surface area contributed by atoms with E-state index in [4.69, 9.17) is 4.74 Å². The molecule has 1 amide bonds. The van der Waals surface area contributed by atoms with Gasteiger partial charge in [0.2, 0.25) is 0 Å². The second-order valence-electron chi connectivity index (χ2n) is 8.17. The number of rotatable bonds is 5. The summed E-state index contributed by atoms with van der Waals surface area (Å²) in [6.07, 6.45) is 2.54. The summed E-state index contributed by atoms with van der Waals surface area (Å²) in [5, 5.41) is 10.1. The van der Waals surface area contributed by atoms with E-state index in [-0.39, 0.29) is 18.3 Å². The molecular formula is C22H30FN3O3. The summed E-state index contributed by atoms with van der Waals surface area (Å²) in [7, 11) is 0. The SMILES string of the molecule is Cc1c(C(=O)N2CC[C@H](N3CCOCC3)[C@H](CCCO)C2)[nH]c2c(F)cccc12. The number of para-hydroxylation sites is 1. The lowest BCUT2D eigenvalue weighted by molar-refractivity contribution is -0.0197. The number of carbonyl (C=O) groups excluding carboxylic acids is 1. The van der Waals surface area contributed by atoms with Crippen molar-refractivity contribution in [3.63, 3.8) is 0 Å². The Morgan fingerprint density at radius 2 is 2.10 bits per heavy atom. The molecule has 1 aromatic carbocycles. The van der Waals surface area contributed by atoms with Gasteiger partial charge >= 0.3 is 0 Å². The number of nitrogens with zero attached hydrogens (tertiary/aromatic N) is 2. The number of morpholine rings is 1. The summed E-state index contributed by atoms with van der Waals surface area (Å²) in [5.41, 5.74) is 1.68. The van der Waals surface area contributed by atoms with Crippen molar-refractivity contribution >= 4 is 16.8 Å². The van der Waals surface area contributed by atoms with Gasteiger partial charge in [0.05, 0.1) is 18.7 Å². The highest BCUT2D eigenvalue weighted by Gasteiger charge is 2.36. The third kappa shape index (κ3) is 4.04. The maximum Gasteiger partial charge on any atom is 0.270 e. The van der Waals surface area contributed by atoms with E-state index < -0.39 is 0 Å². The van der Waals surface area contributed by atoms with Gasteiger partial charge in [0.15, 0.2) is 0 Å². The predicted molar refractivity (Wildman–Crippen MR) is 110 cm³/mol. The zero-order valence-corrected chi connectivity index (χ0v) is 17.0. The molecule has 0 unspecified atom stereocenters. The second kappa shape index (κ2) is 8.81. The van der Waals surface area contributed by atoms with Gasteiger partial charge in [-0.1, -0.05) is 12.1 Å². The van der Waals surface area contributed by atoms with Gasteiger partial charge in [0, 0.05) is 44.2 Å². The Hall–Kier alpha value is -1.96. The molecule has 4 rings (SSSR count). The van der Waals surface area contributed by atoms with Crippen LogP contribution >= 0.6 is 0 Å². The van der Waals surface area contributed by atoms with Gasteiger partial charge in [-0.3, -0.25) is 9.69 Å². The van der Waals surface area contributed by atoms with Crippen LogP contribution in [0, 0.1) is 18.7 Å². The van der Waals surface area contributed by atoms with Crippen LogP contribution in [0.25, 0.3) is 10.9 Å². The molecule has 2 saturated heterocycles. The molecular weight excluding hydrogens is 373 g/mol. The van der Waals surface area contributed by atoms with E-state index in [1.54, 1.807) is 6.07 Å². The molecule has 29 heavy (non-hydrogen) atoms. The fourth-order valence-electron chi connectivity index (χ4n) is 4.92. The van der Waals surface area contributed by atoms with Crippen molar-refractivity contribution in [2.75, 3.05) is 46.0 Å². The van der Waals surface area contributed by atoms with E-state index in [1.165, 1.54) is 6.07 Å². The number of aromatic amines is 1. The van der Waals surface area contributed by atoms with Crippen molar-refractivity contribution in [3.8, 4) is 0 Å². The maximum absolute atomic E-state index is 14.1. The van der Waals surface area contributed by atoms with E-state index in [1.807, 2.05) is 17.9 Å². The number of likely N-dealkylation sites (tertiary alicyclic amines) is 1. The van der Waals surface area contributed by atoms with E-state index in [0.717, 1.165) is 56.5 Å². The number of benzene rings is 1. The number of fused-ring (bicyclic) bond motifs is 1. The molecule has 0 bridgehead atoms. The number of piperidine rings is 1. The van der Waals surface area contributed by atoms with Gasteiger partial charge in [-0.2, -0.15) is 0 Å². The first kappa shape index (κ1) is 20.3. The minimum atomic E-state index is -0.337. The standard InChI is InChI=1S/C22H30FN3O3/c1-15-17-5-2-6-18(23)21(17)24-20(15)22(28)26-8-7-19(16(14-26)4-3-11-27)25-9-12-29-13-10-25/h2,5-6,16,19,24,27H,3-4,7-14H2,1H3/t16-,19+/m1/s1. The summed E-state index contributed by atoms with van der Waals surface area (Å²) in [5.74, 6) is -0.0802. The van der Waals surface area contributed by atoms with Crippen molar-refractivity contribution in [2.45, 2.75) is 32.2 Å². The summed E-state index contributed by atoms with van der Waals surface area (Å²) >= 11 is 0. The normalized spacial score (nSPS) is 23.6. The smallest absolute Gasteiger partial charge is 0.270 e. The molecule has 2 fully saturated rings. The molecule has 7 heteroatoms. The van der Waals surface area contributed by atoms with Crippen molar-refractivity contribution in [2.24, 2.45) is 5.92 Å². The molecule has 158 valence electrons. The largest absolute Gasteiger partial charge is 0.396 e. The Morgan fingerprint density at radius 1 is 1.31 bits per heavy atom. The van der Waals surface area contributed by atoms with Crippen LogP contribution in [0.15, 0.2) is 18.2 Å². The second-order valence-corrected chi connectivity index (χ2v) is 8.17. The third-order valence-corrected chi connectivity index (χ3v) is 6.49. The number of nitrogens with one attached hydrogen (secondary N) is 1. The van der Waals surface area contributed by atoms with Crippen LogP contribution in [-0.4, -0.2) is 77.8 Å². The minimum absolute atomic E-state index is 0.0625. The molecule has 6 nitrogen and oxygen atoms in total. The topological polar surface area (TPSA) is 68.8 Å². The Morgan fingerprint density at radius 3 is 2.83 bits per heavy atom. The molecule has 0 spiro atoms. The predicted octanol–water partition coefficient (Wildman–Crippen LogP) is 2.55. The number of aromatic nitrogens is 1. The molecule has 2 aliphatic rings.